The first-order valence-electron chi connectivity index (χ1n) is 5.67. The molecule has 0 aliphatic heterocycles. The summed E-state index contributed by atoms with van der Waals surface area (Å²) in [6, 6.07) is 6.38. The number of benzene rings is 1. The lowest BCUT2D eigenvalue weighted by atomic mass is 10.2. The molecule has 0 spiro atoms. The smallest absolute Gasteiger partial charge is 0.225 e. The molecule has 0 unspecified atom stereocenters. The predicted octanol–water partition coefficient (Wildman–Crippen LogP) is 3.48. The number of hydrogen-bond acceptors (Lipinski definition) is 5. The highest BCUT2D eigenvalue weighted by Gasteiger charge is 2.07. The van der Waals surface area contributed by atoms with Crippen molar-refractivity contribution in [2.45, 2.75) is 12.1 Å². The number of anilines is 1. The van der Waals surface area contributed by atoms with Crippen molar-refractivity contribution in [1.29, 1.82) is 0 Å². The fourth-order valence-electron chi connectivity index (χ4n) is 1.43. The zero-order valence-corrected chi connectivity index (χ0v) is 11.7. The molecule has 0 atom stereocenters. The summed E-state index contributed by atoms with van der Waals surface area (Å²) >= 11 is 1.41. The quantitative estimate of drug-likeness (QED) is 0.686. The van der Waals surface area contributed by atoms with Gasteiger partial charge in [-0.2, -0.15) is 4.98 Å². The maximum atomic E-state index is 13.4. The fourth-order valence-corrected chi connectivity index (χ4v) is 1.80. The molecule has 0 amide bonds. The third-order valence-electron chi connectivity index (χ3n) is 2.49. The summed E-state index contributed by atoms with van der Waals surface area (Å²) in [5.41, 5.74) is 0.579. The molecule has 19 heavy (non-hydrogen) atoms. The Hall–Kier alpha value is -1.82. The second-order valence-corrected chi connectivity index (χ2v) is 4.61. The van der Waals surface area contributed by atoms with Gasteiger partial charge < -0.3 is 10.1 Å². The standard InChI is InChI=1S/C13H14FN3OS/c1-8-4-5-9(6-10(8)14)18-12-7-11(15-2)16-13(17-12)19-3/h4-7H,1-3H3,(H,15,16,17). The van der Waals surface area contributed by atoms with Gasteiger partial charge >= 0.3 is 0 Å². The van der Waals surface area contributed by atoms with E-state index in [-0.39, 0.29) is 5.82 Å². The van der Waals surface area contributed by atoms with Crippen LogP contribution in [0.1, 0.15) is 5.56 Å². The van der Waals surface area contributed by atoms with Crippen LogP contribution in [-0.2, 0) is 0 Å². The van der Waals surface area contributed by atoms with Gasteiger partial charge in [0.1, 0.15) is 17.4 Å². The average Bonchev–Trinajstić information content (AvgIpc) is 2.42. The predicted molar refractivity (Wildman–Crippen MR) is 74.6 cm³/mol. The van der Waals surface area contributed by atoms with Crippen molar-refractivity contribution in [2.24, 2.45) is 0 Å². The van der Waals surface area contributed by atoms with Gasteiger partial charge in [0.25, 0.3) is 0 Å². The lowest BCUT2D eigenvalue weighted by molar-refractivity contribution is 0.451. The molecule has 2 aromatic rings. The maximum absolute atomic E-state index is 13.4. The SMILES string of the molecule is CNc1cc(Oc2ccc(C)c(F)c2)nc(SC)n1. The van der Waals surface area contributed by atoms with E-state index < -0.39 is 0 Å². The molecule has 1 aromatic heterocycles. The van der Waals surface area contributed by atoms with Gasteiger partial charge in [-0.15, -0.1) is 0 Å². The van der Waals surface area contributed by atoms with E-state index in [4.69, 9.17) is 4.74 Å². The normalized spacial score (nSPS) is 10.3. The molecular formula is C13H14FN3OS. The van der Waals surface area contributed by atoms with Gasteiger partial charge in [0.15, 0.2) is 5.16 Å². The number of ether oxygens (including phenoxy) is 1. The molecule has 0 radical (unpaired) electrons. The van der Waals surface area contributed by atoms with Gasteiger partial charge in [-0.25, -0.2) is 9.37 Å². The van der Waals surface area contributed by atoms with Crippen LogP contribution >= 0.6 is 11.8 Å². The molecule has 6 heteroatoms. The van der Waals surface area contributed by atoms with Crippen molar-refractivity contribution in [3.63, 3.8) is 0 Å². The first kappa shape index (κ1) is 13.6. The highest BCUT2D eigenvalue weighted by molar-refractivity contribution is 7.98. The van der Waals surface area contributed by atoms with Gasteiger partial charge in [0.05, 0.1) is 0 Å². The highest BCUT2D eigenvalue weighted by atomic mass is 32.2. The van der Waals surface area contributed by atoms with Crippen molar-refractivity contribution in [3.8, 4) is 11.6 Å². The molecule has 0 aliphatic carbocycles. The first-order valence-corrected chi connectivity index (χ1v) is 6.89. The number of nitrogens with one attached hydrogen (secondary N) is 1. The van der Waals surface area contributed by atoms with Crippen molar-refractivity contribution in [2.75, 3.05) is 18.6 Å². The van der Waals surface area contributed by atoms with Crippen LogP contribution in [0.25, 0.3) is 0 Å². The van der Waals surface area contributed by atoms with E-state index in [1.54, 1.807) is 32.2 Å². The number of halogens is 1. The van der Waals surface area contributed by atoms with Gasteiger partial charge in [0.2, 0.25) is 5.88 Å². The Morgan fingerprint density at radius 3 is 2.68 bits per heavy atom. The maximum Gasteiger partial charge on any atom is 0.225 e. The lowest BCUT2D eigenvalue weighted by Crippen LogP contribution is -1.98. The number of nitrogens with zero attached hydrogens (tertiary/aromatic N) is 2. The molecule has 2 rings (SSSR count). The minimum atomic E-state index is -0.300. The molecule has 1 N–H and O–H groups in total. The summed E-state index contributed by atoms with van der Waals surface area (Å²) in [5, 5.41) is 3.52. The van der Waals surface area contributed by atoms with Gasteiger partial charge in [-0.3, -0.25) is 0 Å². The molecule has 1 aromatic carbocycles. The number of rotatable bonds is 4. The molecular weight excluding hydrogens is 265 g/mol. The van der Waals surface area contributed by atoms with Crippen LogP contribution in [-0.4, -0.2) is 23.3 Å². The molecule has 4 nitrogen and oxygen atoms in total. The zero-order valence-electron chi connectivity index (χ0n) is 10.9. The first-order chi connectivity index (χ1) is 9.12. The monoisotopic (exact) mass is 279 g/mol. The minimum Gasteiger partial charge on any atom is -0.439 e. The summed E-state index contributed by atoms with van der Waals surface area (Å²) in [7, 11) is 1.77. The van der Waals surface area contributed by atoms with Crippen LogP contribution in [0.5, 0.6) is 11.6 Å². The number of aryl methyl sites for hydroxylation is 1. The van der Waals surface area contributed by atoms with Crippen molar-refractivity contribution >= 4 is 17.6 Å². The Balaban J connectivity index is 2.29. The average molecular weight is 279 g/mol. The van der Waals surface area contributed by atoms with Gasteiger partial charge in [-0.1, -0.05) is 17.8 Å². The van der Waals surface area contributed by atoms with E-state index in [1.807, 2.05) is 6.26 Å². The molecule has 100 valence electrons. The Bertz CT molecular complexity index is 570. The molecule has 1 heterocycles. The van der Waals surface area contributed by atoms with Gasteiger partial charge in [0, 0.05) is 19.2 Å². The molecule has 0 bridgehead atoms. The van der Waals surface area contributed by atoms with Crippen LogP contribution in [0, 0.1) is 12.7 Å². The van der Waals surface area contributed by atoms with Crippen LogP contribution < -0.4 is 10.1 Å². The summed E-state index contributed by atoms with van der Waals surface area (Å²) in [5.74, 6) is 1.15. The van der Waals surface area contributed by atoms with Crippen LogP contribution in [0.2, 0.25) is 0 Å². The van der Waals surface area contributed by atoms with Crippen molar-refractivity contribution in [1.82, 2.24) is 9.97 Å². The minimum absolute atomic E-state index is 0.300. The highest BCUT2D eigenvalue weighted by Crippen LogP contribution is 2.25. The Morgan fingerprint density at radius 2 is 2.05 bits per heavy atom. The van der Waals surface area contributed by atoms with Crippen LogP contribution in [0.15, 0.2) is 29.4 Å². The Kier molecular flexibility index (Phi) is 4.21. The Labute approximate surface area is 115 Å². The lowest BCUT2D eigenvalue weighted by Gasteiger charge is -2.08. The summed E-state index contributed by atoms with van der Waals surface area (Å²) in [6.07, 6.45) is 1.88. The van der Waals surface area contributed by atoms with E-state index in [1.165, 1.54) is 17.8 Å². The van der Waals surface area contributed by atoms with Crippen LogP contribution in [0.3, 0.4) is 0 Å². The molecule has 0 saturated heterocycles. The number of aromatic nitrogens is 2. The van der Waals surface area contributed by atoms with E-state index >= 15 is 0 Å². The van der Waals surface area contributed by atoms with E-state index in [0.29, 0.717) is 28.2 Å². The third kappa shape index (κ3) is 3.35. The number of hydrogen-bond donors (Lipinski definition) is 1. The summed E-state index contributed by atoms with van der Waals surface area (Å²) in [6.45, 7) is 1.70. The zero-order chi connectivity index (χ0) is 13.8. The van der Waals surface area contributed by atoms with Crippen molar-refractivity contribution < 1.29 is 9.13 Å². The summed E-state index contributed by atoms with van der Waals surface area (Å²) in [4.78, 5) is 8.44. The molecule has 0 fully saturated rings. The second kappa shape index (κ2) is 5.88. The Morgan fingerprint density at radius 1 is 1.26 bits per heavy atom. The van der Waals surface area contributed by atoms with E-state index in [9.17, 15) is 4.39 Å². The van der Waals surface area contributed by atoms with E-state index in [0.717, 1.165) is 0 Å². The van der Waals surface area contributed by atoms with E-state index in [2.05, 4.69) is 15.3 Å². The topological polar surface area (TPSA) is 47.0 Å². The largest absolute Gasteiger partial charge is 0.439 e. The fraction of sp³-hybridized carbons (Fsp3) is 0.231. The third-order valence-corrected chi connectivity index (χ3v) is 3.03. The van der Waals surface area contributed by atoms with Crippen molar-refractivity contribution in [3.05, 3.63) is 35.6 Å². The molecule has 0 saturated carbocycles. The van der Waals surface area contributed by atoms with Gasteiger partial charge in [-0.05, 0) is 24.8 Å². The van der Waals surface area contributed by atoms with Crippen LogP contribution in [0.4, 0.5) is 10.2 Å². The summed E-state index contributed by atoms with van der Waals surface area (Å²) < 4.78 is 19.0. The number of thioether (sulfide) groups is 1. The molecule has 0 aliphatic rings. The second-order valence-electron chi connectivity index (χ2n) is 3.84.